The third-order valence-electron chi connectivity index (χ3n) is 5.25. The summed E-state index contributed by atoms with van der Waals surface area (Å²) in [5.41, 5.74) is 0. The second-order valence-electron chi connectivity index (χ2n) is 7.23. The van der Waals surface area contributed by atoms with Gasteiger partial charge < -0.3 is 9.80 Å². The lowest BCUT2D eigenvalue weighted by Gasteiger charge is -2.42. The fourth-order valence-electron chi connectivity index (χ4n) is 3.79. The SMILES string of the molecule is CC(C)C(=O)C1CCN(C2CCN(C(C)C)CC2)CC1. The molecule has 2 fully saturated rings. The Morgan fingerprint density at radius 1 is 0.900 bits per heavy atom. The van der Waals surface area contributed by atoms with Gasteiger partial charge in [-0.15, -0.1) is 0 Å². The molecule has 0 saturated carbocycles. The molecule has 2 rings (SSSR count). The van der Waals surface area contributed by atoms with Crippen molar-refractivity contribution in [1.82, 2.24) is 9.80 Å². The number of ketones is 1. The van der Waals surface area contributed by atoms with Crippen LogP contribution in [0, 0.1) is 11.8 Å². The van der Waals surface area contributed by atoms with E-state index in [1.807, 2.05) is 13.8 Å². The van der Waals surface area contributed by atoms with Crippen molar-refractivity contribution in [2.75, 3.05) is 26.2 Å². The zero-order valence-corrected chi connectivity index (χ0v) is 13.8. The van der Waals surface area contributed by atoms with Crippen LogP contribution in [-0.4, -0.2) is 53.8 Å². The Morgan fingerprint density at radius 2 is 1.45 bits per heavy atom. The molecule has 3 heteroatoms. The third-order valence-corrected chi connectivity index (χ3v) is 5.25. The highest BCUT2D eigenvalue weighted by molar-refractivity contribution is 5.82. The van der Waals surface area contributed by atoms with Gasteiger partial charge in [-0.3, -0.25) is 4.79 Å². The zero-order chi connectivity index (χ0) is 14.7. The Kier molecular flexibility index (Phi) is 5.62. The topological polar surface area (TPSA) is 23.6 Å². The Balaban J connectivity index is 1.76. The van der Waals surface area contributed by atoms with Crippen LogP contribution in [0.1, 0.15) is 53.4 Å². The molecule has 0 N–H and O–H groups in total. The standard InChI is InChI=1S/C17H32N2O/c1-13(2)17(20)15-5-9-19(10-6-15)16-7-11-18(12-8-16)14(3)4/h13-16H,5-12H2,1-4H3. The fraction of sp³-hybridized carbons (Fsp3) is 0.941. The van der Waals surface area contributed by atoms with Crippen molar-refractivity contribution in [2.24, 2.45) is 11.8 Å². The van der Waals surface area contributed by atoms with E-state index in [4.69, 9.17) is 0 Å². The number of nitrogens with zero attached hydrogens (tertiary/aromatic N) is 2. The minimum Gasteiger partial charge on any atom is -0.301 e. The molecule has 116 valence electrons. The number of rotatable bonds is 4. The Bertz CT molecular complexity index is 311. The summed E-state index contributed by atoms with van der Waals surface area (Å²) in [4.78, 5) is 17.3. The molecule has 0 amide bonds. The summed E-state index contributed by atoms with van der Waals surface area (Å²) in [5, 5.41) is 0. The van der Waals surface area contributed by atoms with Crippen LogP contribution in [0.15, 0.2) is 0 Å². The molecule has 2 saturated heterocycles. The average molecular weight is 280 g/mol. The predicted molar refractivity (Wildman–Crippen MR) is 83.9 cm³/mol. The summed E-state index contributed by atoms with van der Waals surface area (Å²) in [7, 11) is 0. The van der Waals surface area contributed by atoms with Crippen molar-refractivity contribution in [3.63, 3.8) is 0 Å². The first-order chi connectivity index (χ1) is 9.49. The highest BCUT2D eigenvalue weighted by Crippen LogP contribution is 2.26. The Hall–Kier alpha value is -0.410. The van der Waals surface area contributed by atoms with Crippen LogP contribution in [0.3, 0.4) is 0 Å². The smallest absolute Gasteiger partial charge is 0.138 e. The van der Waals surface area contributed by atoms with Gasteiger partial charge in [-0.2, -0.15) is 0 Å². The largest absolute Gasteiger partial charge is 0.301 e. The minimum atomic E-state index is 0.209. The van der Waals surface area contributed by atoms with Gasteiger partial charge in [-0.05, 0) is 65.7 Å². The summed E-state index contributed by atoms with van der Waals surface area (Å²) < 4.78 is 0. The van der Waals surface area contributed by atoms with E-state index >= 15 is 0 Å². The van der Waals surface area contributed by atoms with Gasteiger partial charge in [0.1, 0.15) is 5.78 Å². The van der Waals surface area contributed by atoms with Gasteiger partial charge in [0.05, 0.1) is 0 Å². The molecule has 0 aliphatic carbocycles. The molecule has 0 spiro atoms. The number of carbonyl (C=O) groups excluding carboxylic acids is 1. The first kappa shape index (κ1) is 16.0. The first-order valence-corrected chi connectivity index (χ1v) is 8.51. The van der Waals surface area contributed by atoms with E-state index in [0.717, 1.165) is 32.0 Å². The maximum Gasteiger partial charge on any atom is 0.138 e. The van der Waals surface area contributed by atoms with Gasteiger partial charge in [-0.1, -0.05) is 13.8 Å². The lowest BCUT2D eigenvalue weighted by Crippen LogP contribution is -2.49. The van der Waals surface area contributed by atoms with Gasteiger partial charge >= 0.3 is 0 Å². The molecule has 0 aromatic rings. The fourth-order valence-corrected chi connectivity index (χ4v) is 3.79. The number of carbonyl (C=O) groups is 1. The van der Waals surface area contributed by atoms with Crippen LogP contribution in [0.2, 0.25) is 0 Å². The monoisotopic (exact) mass is 280 g/mol. The van der Waals surface area contributed by atoms with Gasteiger partial charge in [0, 0.05) is 23.9 Å². The number of likely N-dealkylation sites (tertiary alicyclic amines) is 2. The third kappa shape index (κ3) is 3.82. The summed E-state index contributed by atoms with van der Waals surface area (Å²) in [5.74, 6) is 1.03. The summed E-state index contributed by atoms with van der Waals surface area (Å²) in [6.45, 7) is 13.4. The summed E-state index contributed by atoms with van der Waals surface area (Å²) >= 11 is 0. The van der Waals surface area contributed by atoms with Crippen molar-refractivity contribution < 1.29 is 4.79 Å². The van der Waals surface area contributed by atoms with Crippen molar-refractivity contribution in [3.05, 3.63) is 0 Å². The quantitative estimate of drug-likeness (QED) is 0.791. The number of Topliss-reactive ketones (excluding diaryl/α,β-unsaturated/α-hetero) is 1. The second-order valence-corrected chi connectivity index (χ2v) is 7.23. The molecule has 2 aliphatic heterocycles. The van der Waals surface area contributed by atoms with E-state index in [-0.39, 0.29) is 5.92 Å². The van der Waals surface area contributed by atoms with E-state index in [9.17, 15) is 4.79 Å². The van der Waals surface area contributed by atoms with Crippen LogP contribution in [0.4, 0.5) is 0 Å². The maximum atomic E-state index is 12.1. The van der Waals surface area contributed by atoms with E-state index in [1.54, 1.807) is 0 Å². The normalized spacial score (nSPS) is 24.7. The van der Waals surface area contributed by atoms with Crippen molar-refractivity contribution in [2.45, 2.75) is 65.5 Å². The average Bonchev–Trinajstić information content (AvgIpc) is 2.46. The van der Waals surface area contributed by atoms with Crippen LogP contribution in [-0.2, 0) is 4.79 Å². The molecule has 2 aliphatic rings. The van der Waals surface area contributed by atoms with Gasteiger partial charge in [0.15, 0.2) is 0 Å². The van der Waals surface area contributed by atoms with Crippen molar-refractivity contribution in [3.8, 4) is 0 Å². The van der Waals surface area contributed by atoms with Crippen molar-refractivity contribution in [1.29, 1.82) is 0 Å². The second kappa shape index (κ2) is 7.04. The van der Waals surface area contributed by atoms with E-state index in [0.29, 0.717) is 17.7 Å². The first-order valence-electron chi connectivity index (χ1n) is 8.51. The number of hydrogen-bond donors (Lipinski definition) is 0. The molecular formula is C17H32N2O. The predicted octanol–water partition coefficient (Wildman–Crippen LogP) is 2.80. The van der Waals surface area contributed by atoms with Crippen LogP contribution in [0.25, 0.3) is 0 Å². The van der Waals surface area contributed by atoms with Crippen LogP contribution < -0.4 is 0 Å². The van der Waals surface area contributed by atoms with Crippen molar-refractivity contribution >= 4 is 5.78 Å². The molecule has 0 radical (unpaired) electrons. The molecule has 2 heterocycles. The van der Waals surface area contributed by atoms with Crippen LogP contribution >= 0.6 is 0 Å². The van der Waals surface area contributed by atoms with Gasteiger partial charge in [0.25, 0.3) is 0 Å². The lowest BCUT2D eigenvalue weighted by molar-refractivity contribution is -0.127. The molecule has 0 aromatic carbocycles. The zero-order valence-electron chi connectivity index (χ0n) is 13.8. The van der Waals surface area contributed by atoms with Crippen LogP contribution in [0.5, 0.6) is 0 Å². The van der Waals surface area contributed by atoms with E-state index in [1.165, 1.54) is 25.9 Å². The molecule has 0 atom stereocenters. The van der Waals surface area contributed by atoms with Gasteiger partial charge in [-0.25, -0.2) is 0 Å². The van der Waals surface area contributed by atoms with Gasteiger partial charge in [0.2, 0.25) is 0 Å². The molecule has 20 heavy (non-hydrogen) atoms. The molecule has 3 nitrogen and oxygen atoms in total. The van der Waals surface area contributed by atoms with E-state index < -0.39 is 0 Å². The number of piperidine rings is 2. The molecular weight excluding hydrogens is 248 g/mol. The minimum absolute atomic E-state index is 0.209. The Labute approximate surface area is 124 Å². The molecule has 0 aromatic heterocycles. The maximum absolute atomic E-state index is 12.1. The highest BCUT2D eigenvalue weighted by Gasteiger charge is 2.31. The van der Waals surface area contributed by atoms with E-state index in [2.05, 4.69) is 23.6 Å². The Morgan fingerprint density at radius 3 is 1.90 bits per heavy atom. The number of hydrogen-bond acceptors (Lipinski definition) is 3. The molecule has 0 bridgehead atoms. The highest BCUT2D eigenvalue weighted by atomic mass is 16.1. The summed E-state index contributed by atoms with van der Waals surface area (Å²) in [6.07, 6.45) is 4.78. The molecule has 0 unspecified atom stereocenters. The summed E-state index contributed by atoms with van der Waals surface area (Å²) in [6, 6.07) is 1.45. The lowest BCUT2D eigenvalue weighted by atomic mass is 9.86.